The first kappa shape index (κ1) is 42.1. The predicted molar refractivity (Wildman–Crippen MR) is 191 cm³/mol. The fourth-order valence-corrected chi connectivity index (χ4v) is 8.33. The van der Waals surface area contributed by atoms with Gasteiger partial charge in [0, 0.05) is 49.7 Å². The van der Waals surface area contributed by atoms with Gasteiger partial charge in [-0.25, -0.2) is 9.97 Å². The van der Waals surface area contributed by atoms with Gasteiger partial charge in [-0.05, 0) is 57.5 Å². The molecule has 1 aliphatic heterocycles. The average molecular weight is 787 g/mol. The first-order chi connectivity index (χ1) is 24.8. The maximum absolute atomic E-state index is 14.0. The fraction of sp³-hybridized carbons (Fsp3) is 0.686. The van der Waals surface area contributed by atoms with E-state index in [-0.39, 0.29) is 64.7 Å². The van der Waals surface area contributed by atoms with Crippen molar-refractivity contribution in [1.82, 2.24) is 30.4 Å². The summed E-state index contributed by atoms with van der Waals surface area (Å²) in [5, 5.41) is 17.9. The van der Waals surface area contributed by atoms with Crippen LogP contribution in [0.15, 0.2) is 10.8 Å². The zero-order chi connectivity index (χ0) is 39.2. The van der Waals surface area contributed by atoms with Crippen molar-refractivity contribution < 1.29 is 47.0 Å². The van der Waals surface area contributed by atoms with Crippen molar-refractivity contribution in [2.45, 2.75) is 116 Å². The maximum atomic E-state index is 14.0. The van der Waals surface area contributed by atoms with Gasteiger partial charge in [-0.3, -0.25) is 28.9 Å². The molecular weight excluding hydrogens is 738 g/mol. The molecular formula is C35H49F3N6O7S2. The van der Waals surface area contributed by atoms with Crippen molar-refractivity contribution in [2.24, 2.45) is 17.8 Å². The predicted octanol–water partition coefficient (Wildman–Crippen LogP) is 4.93. The van der Waals surface area contributed by atoms with E-state index in [9.17, 15) is 42.3 Å². The molecule has 4 rings (SSSR count). The Kier molecular flexibility index (Phi) is 14.4. The molecule has 0 bridgehead atoms. The highest BCUT2D eigenvalue weighted by Crippen LogP contribution is 2.36. The fourth-order valence-electron chi connectivity index (χ4n) is 6.61. The van der Waals surface area contributed by atoms with E-state index in [0.717, 1.165) is 66.7 Å². The van der Waals surface area contributed by atoms with Crippen LogP contribution in [0.3, 0.4) is 0 Å². The van der Waals surface area contributed by atoms with Crippen molar-refractivity contribution in [2.75, 3.05) is 20.6 Å². The van der Waals surface area contributed by atoms with Crippen LogP contribution in [-0.4, -0.2) is 99.3 Å². The highest BCUT2D eigenvalue weighted by atomic mass is 32.1. The van der Waals surface area contributed by atoms with E-state index in [1.165, 1.54) is 19.2 Å². The SMILES string of the molecule is CC(=O)O[C@H](C[C@H](C(C)C)N(C)C(=O)[C@@H](NC(=O)[C@H]1CCCCN1C)C1CC1)c1nc(C(=O)N[C@@H](Cc2nc(C(F)(F)F)cs2)C[C@H](C)C(=O)O)cs1. The van der Waals surface area contributed by atoms with Crippen molar-refractivity contribution in [3.63, 3.8) is 0 Å². The number of hydrogen-bond acceptors (Lipinski definition) is 11. The molecule has 0 aromatic carbocycles. The lowest BCUT2D eigenvalue weighted by molar-refractivity contribution is -0.149. The lowest BCUT2D eigenvalue weighted by Crippen LogP contribution is -2.56. The molecule has 1 saturated heterocycles. The Balaban J connectivity index is 1.49. The third-order valence-corrected chi connectivity index (χ3v) is 11.6. The van der Waals surface area contributed by atoms with Crippen LogP contribution in [-0.2, 0) is 36.5 Å². The Morgan fingerprint density at radius 3 is 2.30 bits per heavy atom. The number of rotatable bonds is 17. The summed E-state index contributed by atoms with van der Waals surface area (Å²) in [5.74, 6) is -3.81. The van der Waals surface area contributed by atoms with Crippen LogP contribution in [0.1, 0.15) is 105 Å². The number of nitrogens with one attached hydrogen (secondary N) is 2. The third-order valence-electron chi connectivity index (χ3n) is 9.80. The van der Waals surface area contributed by atoms with Crippen LogP contribution in [0.2, 0.25) is 0 Å². The second-order valence-corrected chi connectivity index (χ2v) is 16.3. The minimum Gasteiger partial charge on any atom is -0.481 e. The lowest BCUT2D eigenvalue weighted by atomic mass is 9.95. The largest absolute Gasteiger partial charge is 0.481 e. The van der Waals surface area contributed by atoms with Crippen molar-refractivity contribution in [3.05, 3.63) is 32.2 Å². The molecule has 18 heteroatoms. The average Bonchev–Trinajstić information content (AvgIpc) is 3.58. The van der Waals surface area contributed by atoms with E-state index in [2.05, 4.69) is 20.6 Å². The molecule has 6 atom stereocenters. The summed E-state index contributed by atoms with van der Waals surface area (Å²) in [7, 11) is 3.59. The maximum Gasteiger partial charge on any atom is 0.434 e. The summed E-state index contributed by atoms with van der Waals surface area (Å²) in [5.41, 5.74) is -1.12. The number of ether oxygens (including phenoxy) is 1. The van der Waals surface area contributed by atoms with E-state index >= 15 is 0 Å². The molecule has 0 unspecified atom stereocenters. The summed E-state index contributed by atoms with van der Waals surface area (Å²) in [6.07, 6.45) is -1.30. The van der Waals surface area contributed by atoms with Crippen molar-refractivity contribution in [3.8, 4) is 0 Å². The monoisotopic (exact) mass is 786 g/mol. The van der Waals surface area contributed by atoms with E-state index in [1.54, 1.807) is 11.9 Å². The number of nitrogens with zero attached hydrogens (tertiary/aromatic N) is 4. The molecule has 3 N–H and O–H groups in total. The number of carboxylic acid groups (broad SMARTS) is 1. The molecule has 0 spiro atoms. The van der Waals surface area contributed by atoms with Gasteiger partial charge in [-0.15, -0.1) is 22.7 Å². The van der Waals surface area contributed by atoms with Gasteiger partial charge < -0.3 is 25.4 Å². The minimum absolute atomic E-state index is 0.0320. The molecule has 1 aliphatic carbocycles. The van der Waals surface area contributed by atoms with Gasteiger partial charge in [0.2, 0.25) is 11.8 Å². The normalized spacial score (nSPS) is 19.5. The minimum atomic E-state index is -4.64. The summed E-state index contributed by atoms with van der Waals surface area (Å²) in [6, 6.07) is -2.31. The first-order valence-electron chi connectivity index (χ1n) is 17.8. The van der Waals surface area contributed by atoms with Gasteiger partial charge in [0.15, 0.2) is 11.8 Å². The molecule has 13 nitrogen and oxygen atoms in total. The number of carbonyl (C=O) groups is 5. The number of thiazole rings is 2. The molecule has 0 radical (unpaired) electrons. The molecule has 3 amide bonds. The number of likely N-dealkylation sites (tertiary alicyclic amines) is 1. The lowest BCUT2D eigenvalue weighted by Gasteiger charge is -2.37. The van der Waals surface area contributed by atoms with Crippen molar-refractivity contribution >= 4 is 52.3 Å². The molecule has 1 saturated carbocycles. The quantitative estimate of drug-likeness (QED) is 0.187. The van der Waals surface area contributed by atoms with Crippen molar-refractivity contribution in [1.29, 1.82) is 0 Å². The van der Waals surface area contributed by atoms with E-state index in [1.807, 2.05) is 25.8 Å². The van der Waals surface area contributed by atoms with Gasteiger partial charge in [0.1, 0.15) is 16.7 Å². The zero-order valence-corrected chi connectivity index (χ0v) is 32.4. The number of carboxylic acids is 1. The first-order valence-corrected chi connectivity index (χ1v) is 19.6. The number of likely N-dealkylation sites (N-methyl/N-ethyl adjacent to an activating group) is 2. The van der Waals surface area contributed by atoms with Crippen LogP contribution >= 0.6 is 22.7 Å². The van der Waals surface area contributed by atoms with Crippen LogP contribution in [0.25, 0.3) is 0 Å². The number of halogens is 3. The van der Waals surface area contributed by atoms with E-state index in [4.69, 9.17) is 4.74 Å². The van der Waals surface area contributed by atoms with Crippen LogP contribution in [0.4, 0.5) is 13.2 Å². The highest BCUT2D eigenvalue weighted by molar-refractivity contribution is 7.10. The molecule has 3 heterocycles. The Morgan fingerprint density at radius 1 is 1.04 bits per heavy atom. The van der Waals surface area contributed by atoms with Crippen LogP contribution < -0.4 is 10.6 Å². The Bertz CT molecular complexity index is 1610. The number of carbonyl (C=O) groups excluding carboxylic acids is 4. The van der Waals surface area contributed by atoms with Crippen LogP contribution in [0, 0.1) is 17.8 Å². The number of amides is 3. The number of aromatic nitrogens is 2. The number of piperidine rings is 1. The van der Waals surface area contributed by atoms with Gasteiger partial charge in [0.05, 0.1) is 17.0 Å². The molecule has 294 valence electrons. The topological polar surface area (TPSA) is 171 Å². The van der Waals surface area contributed by atoms with Crippen LogP contribution in [0.5, 0.6) is 0 Å². The molecule has 53 heavy (non-hydrogen) atoms. The summed E-state index contributed by atoms with van der Waals surface area (Å²) < 4.78 is 45.1. The van der Waals surface area contributed by atoms with Gasteiger partial charge in [-0.1, -0.05) is 27.2 Å². The number of alkyl halides is 3. The Morgan fingerprint density at radius 2 is 1.74 bits per heavy atom. The van der Waals surface area contributed by atoms with E-state index < -0.39 is 59.9 Å². The Labute approximate surface area is 315 Å². The second-order valence-electron chi connectivity index (χ2n) is 14.5. The van der Waals surface area contributed by atoms with E-state index in [0.29, 0.717) is 0 Å². The van der Waals surface area contributed by atoms with Gasteiger partial charge in [-0.2, -0.15) is 13.2 Å². The summed E-state index contributed by atoms with van der Waals surface area (Å²) >= 11 is 1.82. The second kappa shape index (κ2) is 18.1. The number of aliphatic carboxylic acids is 1. The number of esters is 1. The molecule has 2 aromatic heterocycles. The molecule has 2 aromatic rings. The molecule has 2 fully saturated rings. The zero-order valence-electron chi connectivity index (χ0n) is 30.8. The summed E-state index contributed by atoms with van der Waals surface area (Å²) in [6.45, 7) is 7.35. The molecule has 2 aliphatic rings. The standard InChI is InChI=1S/C35H49F3N6O7S2/c1-18(2)25(44(6)33(48)29(21-10-11-21)42-31(47)24-9-7-8-12-43(24)5)15-26(51-20(4)45)32-40-23(16-53-32)30(46)39-22(13-19(3)34(49)50)14-28-41-27(17-52-28)35(36,37)38/h16-19,21-22,24-26,29H,7-15H2,1-6H3,(H,39,46)(H,42,47)(H,49,50)/t19-,22+,24+,25+,26+,29-/m0/s1. The number of hydrogen-bond donors (Lipinski definition) is 3. The summed E-state index contributed by atoms with van der Waals surface area (Å²) in [4.78, 5) is 76.3. The Hall–Kier alpha value is -3.64. The van der Waals surface area contributed by atoms with Gasteiger partial charge >= 0.3 is 18.1 Å². The van der Waals surface area contributed by atoms with Gasteiger partial charge in [0.25, 0.3) is 5.91 Å². The third kappa shape index (κ3) is 11.7. The highest BCUT2D eigenvalue weighted by Gasteiger charge is 2.42. The smallest absolute Gasteiger partial charge is 0.434 e.